The van der Waals surface area contributed by atoms with Crippen molar-refractivity contribution in [1.82, 2.24) is 9.78 Å². The second-order valence-electron chi connectivity index (χ2n) is 6.74. The molecule has 0 radical (unpaired) electrons. The molecule has 3 aromatic rings. The third-order valence-corrected chi connectivity index (χ3v) is 4.51. The Kier molecular flexibility index (Phi) is 6.33. The van der Waals surface area contributed by atoms with Crippen molar-refractivity contribution in [3.05, 3.63) is 74.5 Å². The van der Waals surface area contributed by atoms with Crippen LogP contribution in [0.5, 0.6) is 17.2 Å². The molecule has 1 amide bonds. The highest BCUT2D eigenvalue weighted by Gasteiger charge is 2.25. The second-order valence-corrected chi connectivity index (χ2v) is 6.74. The van der Waals surface area contributed by atoms with Crippen molar-refractivity contribution in [2.75, 3.05) is 12.4 Å². The minimum absolute atomic E-state index is 0.109. The van der Waals surface area contributed by atoms with E-state index in [1.54, 1.807) is 31.2 Å². The summed E-state index contributed by atoms with van der Waals surface area (Å²) in [6.45, 7) is 3.08. The predicted octanol–water partition coefficient (Wildman–Crippen LogP) is 4.01. The molecule has 0 aliphatic carbocycles. The Morgan fingerprint density at radius 3 is 2.38 bits per heavy atom. The van der Waals surface area contributed by atoms with E-state index in [4.69, 9.17) is 9.47 Å². The Morgan fingerprint density at radius 1 is 1.09 bits per heavy atom. The number of hydrogen-bond donors (Lipinski definition) is 1. The lowest BCUT2D eigenvalue weighted by Crippen LogP contribution is -2.25. The Bertz CT molecular complexity index is 1190. The molecule has 166 valence electrons. The third kappa shape index (κ3) is 4.80. The molecule has 2 aromatic carbocycles. The molecule has 12 nitrogen and oxygen atoms in total. The molecule has 1 unspecified atom stereocenters. The number of para-hydroxylation sites is 2. The third-order valence-electron chi connectivity index (χ3n) is 4.51. The van der Waals surface area contributed by atoms with E-state index in [1.165, 1.54) is 43.0 Å². The number of rotatable bonds is 8. The summed E-state index contributed by atoms with van der Waals surface area (Å²) < 4.78 is 12.2. The van der Waals surface area contributed by atoms with E-state index >= 15 is 0 Å². The van der Waals surface area contributed by atoms with Crippen LogP contribution in [-0.4, -0.2) is 32.6 Å². The van der Waals surface area contributed by atoms with Crippen LogP contribution < -0.4 is 14.8 Å². The number of ether oxygens (including phenoxy) is 2. The number of nitro groups is 2. The van der Waals surface area contributed by atoms with Crippen LogP contribution in [0, 0.1) is 27.2 Å². The van der Waals surface area contributed by atoms with Gasteiger partial charge in [-0.1, -0.05) is 12.1 Å². The molecule has 0 saturated heterocycles. The highest BCUT2D eigenvalue weighted by Crippen LogP contribution is 2.34. The van der Waals surface area contributed by atoms with Crippen molar-refractivity contribution < 1.29 is 24.1 Å². The van der Waals surface area contributed by atoms with E-state index in [2.05, 4.69) is 10.4 Å². The monoisotopic (exact) mass is 441 g/mol. The summed E-state index contributed by atoms with van der Waals surface area (Å²) in [4.78, 5) is 33.7. The van der Waals surface area contributed by atoms with Crippen LogP contribution >= 0.6 is 0 Å². The number of amides is 1. The average Bonchev–Trinajstić information content (AvgIpc) is 3.15. The van der Waals surface area contributed by atoms with Gasteiger partial charge in [0.2, 0.25) is 0 Å². The topological polar surface area (TPSA) is 152 Å². The maximum atomic E-state index is 12.7. The summed E-state index contributed by atoms with van der Waals surface area (Å²) >= 11 is 0. The molecule has 0 fully saturated rings. The van der Waals surface area contributed by atoms with Gasteiger partial charge in [-0.3, -0.25) is 14.9 Å². The second kappa shape index (κ2) is 9.12. The standard InChI is InChI=1S/C20H19N5O7/c1-12-8-19(25(29)30)22-23(12)13(2)20(26)21-14-9-15(24(27)28)11-16(10-14)32-18-7-5-4-6-17(18)31-3/h4-11,13H,1-3H3,(H,21,26). The van der Waals surface area contributed by atoms with Gasteiger partial charge in [0.1, 0.15) is 11.8 Å². The number of aromatic nitrogens is 2. The number of non-ortho nitro benzene ring substituents is 1. The van der Waals surface area contributed by atoms with Crippen LogP contribution in [0.25, 0.3) is 0 Å². The SMILES string of the molecule is COc1ccccc1Oc1cc(NC(=O)C(C)n2nc([N+](=O)[O-])cc2C)cc([N+](=O)[O-])c1. The maximum Gasteiger partial charge on any atom is 0.390 e. The summed E-state index contributed by atoms with van der Waals surface area (Å²) in [5.41, 5.74) is 0.227. The lowest BCUT2D eigenvalue weighted by molar-refractivity contribution is -0.389. The zero-order valence-electron chi connectivity index (χ0n) is 17.3. The van der Waals surface area contributed by atoms with Crippen LogP contribution in [0.1, 0.15) is 18.7 Å². The molecule has 32 heavy (non-hydrogen) atoms. The Balaban J connectivity index is 1.87. The molecule has 12 heteroatoms. The van der Waals surface area contributed by atoms with E-state index in [9.17, 15) is 25.0 Å². The van der Waals surface area contributed by atoms with Gasteiger partial charge in [-0.05, 0) is 30.9 Å². The molecule has 1 N–H and O–H groups in total. The van der Waals surface area contributed by atoms with Gasteiger partial charge < -0.3 is 24.9 Å². The van der Waals surface area contributed by atoms with Gasteiger partial charge in [-0.25, -0.2) is 0 Å². The first kappa shape index (κ1) is 22.2. The van der Waals surface area contributed by atoms with Gasteiger partial charge in [0.05, 0.1) is 40.6 Å². The number of methoxy groups -OCH3 is 1. The number of nitrogens with zero attached hydrogens (tertiary/aromatic N) is 4. The van der Waals surface area contributed by atoms with Crippen molar-refractivity contribution in [3.8, 4) is 17.2 Å². The highest BCUT2D eigenvalue weighted by atomic mass is 16.6. The van der Waals surface area contributed by atoms with Crippen LogP contribution in [-0.2, 0) is 4.79 Å². The predicted molar refractivity (Wildman–Crippen MR) is 113 cm³/mol. The smallest absolute Gasteiger partial charge is 0.390 e. The zero-order valence-corrected chi connectivity index (χ0v) is 17.3. The number of aryl methyl sites for hydroxylation is 1. The minimum atomic E-state index is -0.915. The largest absolute Gasteiger partial charge is 0.493 e. The molecule has 1 atom stereocenters. The zero-order chi connectivity index (χ0) is 23.4. The van der Waals surface area contributed by atoms with Gasteiger partial charge in [-0.2, -0.15) is 4.68 Å². The van der Waals surface area contributed by atoms with E-state index in [1.807, 2.05) is 0 Å². The van der Waals surface area contributed by atoms with Crippen molar-refractivity contribution in [2.45, 2.75) is 19.9 Å². The first-order valence-electron chi connectivity index (χ1n) is 9.31. The lowest BCUT2D eigenvalue weighted by Gasteiger charge is -2.14. The maximum absolute atomic E-state index is 12.7. The lowest BCUT2D eigenvalue weighted by atomic mass is 10.2. The summed E-state index contributed by atoms with van der Waals surface area (Å²) in [7, 11) is 1.46. The quantitative estimate of drug-likeness (QED) is 0.406. The molecule has 0 saturated carbocycles. The molecule has 1 aromatic heterocycles. The Hall–Kier alpha value is -4.48. The molecular formula is C20H19N5O7. The fraction of sp³-hybridized carbons (Fsp3) is 0.200. The number of nitro benzene ring substituents is 1. The molecular weight excluding hydrogens is 422 g/mol. The van der Waals surface area contributed by atoms with E-state index < -0.39 is 21.8 Å². The number of nitrogens with one attached hydrogen (secondary N) is 1. The molecule has 0 aliphatic rings. The number of carbonyl (C=O) groups excluding carboxylic acids is 1. The van der Waals surface area contributed by atoms with E-state index in [-0.39, 0.29) is 22.9 Å². The normalized spacial score (nSPS) is 11.5. The van der Waals surface area contributed by atoms with Crippen molar-refractivity contribution >= 4 is 23.1 Å². The van der Waals surface area contributed by atoms with Gasteiger partial charge in [0, 0.05) is 12.1 Å². The highest BCUT2D eigenvalue weighted by molar-refractivity contribution is 5.94. The summed E-state index contributed by atoms with van der Waals surface area (Å²) in [5, 5.41) is 28.7. The molecule has 0 aliphatic heterocycles. The fourth-order valence-corrected chi connectivity index (χ4v) is 2.96. The van der Waals surface area contributed by atoms with Crippen LogP contribution in [0.15, 0.2) is 48.5 Å². The van der Waals surface area contributed by atoms with Gasteiger partial charge >= 0.3 is 5.82 Å². The fourth-order valence-electron chi connectivity index (χ4n) is 2.96. The number of anilines is 1. The molecule has 0 spiro atoms. The van der Waals surface area contributed by atoms with Crippen molar-refractivity contribution in [3.63, 3.8) is 0 Å². The Labute approximate surface area is 181 Å². The number of carbonyl (C=O) groups is 1. The number of hydrogen-bond acceptors (Lipinski definition) is 8. The minimum Gasteiger partial charge on any atom is -0.493 e. The van der Waals surface area contributed by atoms with Gasteiger partial charge in [0.15, 0.2) is 11.5 Å². The number of benzene rings is 2. The summed E-state index contributed by atoms with van der Waals surface area (Å²) in [5.74, 6) is -0.0908. The van der Waals surface area contributed by atoms with Crippen LogP contribution in [0.2, 0.25) is 0 Å². The van der Waals surface area contributed by atoms with Gasteiger partial charge in [0.25, 0.3) is 11.6 Å². The average molecular weight is 441 g/mol. The van der Waals surface area contributed by atoms with Gasteiger partial charge in [-0.15, -0.1) is 0 Å². The van der Waals surface area contributed by atoms with Crippen LogP contribution in [0.4, 0.5) is 17.2 Å². The van der Waals surface area contributed by atoms with Crippen LogP contribution in [0.3, 0.4) is 0 Å². The van der Waals surface area contributed by atoms with E-state index in [0.29, 0.717) is 17.2 Å². The Morgan fingerprint density at radius 2 is 1.78 bits per heavy atom. The molecule has 0 bridgehead atoms. The molecule has 1 heterocycles. The summed E-state index contributed by atoms with van der Waals surface area (Å²) in [6.07, 6.45) is 0. The molecule has 3 rings (SSSR count). The van der Waals surface area contributed by atoms with Crippen molar-refractivity contribution in [1.29, 1.82) is 0 Å². The summed E-state index contributed by atoms with van der Waals surface area (Å²) in [6, 6.07) is 10.9. The first-order chi connectivity index (χ1) is 15.2. The van der Waals surface area contributed by atoms with E-state index in [0.717, 1.165) is 0 Å². The first-order valence-corrected chi connectivity index (χ1v) is 9.31. The van der Waals surface area contributed by atoms with Crippen molar-refractivity contribution in [2.24, 2.45) is 0 Å².